The number of alkyl halides is 2. The molecular weight excluding hydrogens is 517 g/mol. The van der Waals surface area contributed by atoms with Crippen molar-refractivity contribution < 1.29 is 42.1 Å². The Morgan fingerprint density at radius 3 is 2.36 bits per heavy atom. The lowest BCUT2D eigenvalue weighted by atomic mass is 9.80. The summed E-state index contributed by atoms with van der Waals surface area (Å²) in [7, 11) is 1.33. The molecule has 0 aromatic heterocycles. The number of ether oxygens (including phenoxy) is 2. The number of aliphatic carboxylic acids is 1. The highest BCUT2D eigenvalue weighted by Gasteiger charge is 2.52. The van der Waals surface area contributed by atoms with Crippen molar-refractivity contribution in [2.24, 2.45) is 29.6 Å². The predicted octanol–water partition coefficient (Wildman–Crippen LogP) is 4.16. The van der Waals surface area contributed by atoms with Crippen LogP contribution in [0.5, 0.6) is 11.5 Å². The quantitative estimate of drug-likeness (QED) is 0.424. The second-order valence-corrected chi connectivity index (χ2v) is 11.6. The third-order valence-corrected chi connectivity index (χ3v) is 9.07. The molecule has 1 aromatic carbocycles. The number of fused-ring (bicyclic) bond motifs is 2. The van der Waals surface area contributed by atoms with Crippen LogP contribution in [0, 0.1) is 35.4 Å². The summed E-state index contributed by atoms with van der Waals surface area (Å²) in [4.78, 5) is 37.8. The van der Waals surface area contributed by atoms with Crippen LogP contribution in [-0.4, -0.2) is 54.6 Å². The Balaban J connectivity index is 1.26. The van der Waals surface area contributed by atoms with E-state index in [1.165, 1.54) is 13.2 Å². The Morgan fingerprint density at radius 2 is 1.72 bits per heavy atom. The molecule has 2 amide bonds. The zero-order chi connectivity index (χ0) is 27.9. The Kier molecular flexibility index (Phi) is 7.70. The van der Waals surface area contributed by atoms with E-state index in [-0.39, 0.29) is 66.2 Å². The molecule has 0 radical (unpaired) electrons. The van der Waals surface area contributed by atoms with Crippen molar-refractivity contribution in [3.63, 3.8) is 0 Å². The summed E-state index contributed by atoms with van der Waals surface area (Å²) in [5.41, 5.74) is 0.0757. The second kappa shape index (κ2) is 10.9. The summed E-state index contributed by atoms with van der Waals surface area (Å²) in [5, 5.41) is 15.0. The van der Waals surface area contributed by atoms with Crippen molar-refractivity contribution in [3.8, 4) is 11.5 Å². The number of hydrogen-bond donors (Lipinski definition) is 3. The SMILES string of the molecule is COc1cc(F)c(OC2CCC(C(=O)O)CC2)cc1C(=O)NC1[C@H]2CC[C@H](C2)[C@@H]1C(=O)NCC1CC(F)(F)C1. The van der Waals surface area contributed by atoms with Crippen LogP contribution in [0.25, 0.3) is 0 Å². The van der Waals surface area contributed by atoms with Gasteiger partial charge in [-0.1, -0.05) is 0 Å². The van der Waals surface area contributed by atoms with E-state index in [2.05, 4.69) is 10.6 Å². The predicted molar refractivity (Wildman–Crippen MR) is 133 cm³/mol. The number of carbonyl (C=O) groups is 3. The maximum atomic E-state index is 14.8. The zero-order valence-corrected chi connectivity index (χ0v) is 21.9. The molecule has 4 aliphatic rings. The zero-order valence-electron chi connectivity index (χ0n) is 21.9. The number of nitrogens with one attached hydrogen (secondary N) is 2. The van der Waals surface area contributed by atoms with Crippen LogP contribution in [0.2, 0.25) is 0 Å². The maximum Gasteiger partial charge on any atom is 0.306 e. The molecule has 0 saturated heterocycles. The van der Waals surface area contributed by atoms with E-state index in [1.54, 1.807) is 0 Å². The molecule has 3 N–H and O–H groups in total. The Labute approximate surface area is 225 Å². The Morgan fingerprint density at radius 1 is 1.03 bits per heavy atom. The third kappa shape index (κ3) is 5.82. The van der Waals surface area contributed by atoms with Gasteiger partial charge in [0.2, 0.25) is 11.8 Å². The van der Waals surface area contributed by atoms with Gasteiger partial charge in [0.25, 0.3) is 5.91 Å². The summed E-state index contributed by atoms with van der Waals surface area (Å²) in [5.74, 6) is -5.91. The lowest BCUT2D eigenvalue weighted by Gasteiger charge is -2.36. The van der Waals surface area contributed by atoms with Crippen molar-refractivity contribution in [2.45, 2.75) is 75.9 Å². The van der Waals surface area contributed by atoms with Gasteiger partial charge in [0.15, 0.2) is 11.6 Å². The van der Waals surface area contributed by atoms with Crippen LogP contribution < -0.4 is 20.1 Å². The Hall–Kier alpha value is -2.98. The van der Waals surface area contributed by atoms with E-state index in [0.717, 1.165) is 25.3 Å². The molecule has 2 bridgehead atoms. The number of carbonyl (C=O) groups excluding carboxylic acids is 2. The topological polar surface area (TPSA) is 114 Å². The van der Waals surface area contributed by atoms with Gasteiger partial charge in [0.1, 0.15) is 5.75 Å². The van der Waals surface area contributed by atoms with E-state index in [1.807, 2.05) is 0 Å². The molecule has 5 rings (SSSR count). The Bertz CT molecular complexity index is 1110. The van der Waals surface area contributed by atoms with Crippen LogP contribution in [0.1, 0.15) is 68.1 Å². The molecular formula is C28H35F3N2O6. The minimum atomic E-state index is -2.65. The van der Waals surface area contributed by atoms with Crippen LogP contribution >= 0.6 is 0 Å². The van der Waals surface area contributed by atoms with Gasteiger partial charge >= 0.3 is 5.97 Å². The van der Waals surface area contributed by atoms with Gasteiger partial charge in [0.05, 0.1) is 30.6 Å². The number of rotatable bonds is 9. The minimum Gasteiger partial charge on any atom is -0.496 e. The van der Waals surface area contributed by atoms with Gasteiger partial charge < -0.3 is 25.2 Å². The first-order valence-electron chi connectivity index (χ1n) is 13.8. The summed E-state index contributed by atoms with van der Waals surface area (Å²) in [6.07, 6.45) is 3.53. The molecule has 0 aliphatic heterocycles. The van der Waals surface area contributed by atoms with Crippen molar-refractivity contribution in [1.29, 1.82) is 0 Å². The lowest BCUT2D eigenvalue weighted by molar-refractivity contribution is -0.143. The fourth-order valence-corrected chi connectivity index (χ4v) is 6.98. The van der Waals surface area contributed by atoms with Gasteiger partial charge in [-0.15, -0.1) is 0 Å². The molecule has 0 spiro atoms. The van der Waals surface area contributed by atoms with Crippen LogP contribution in [0.3, 0.4) is 0 Å². The molecule has 0 heterocycles. The average molecular weight is 553 g/mol. The van der Waals surface area contributed by atoms with Gasteiger partial charge in [-0.25, -0.2) is 13.2 Å². The normalized spacial score (nSPS) is 31.3. The highest BCUT2D eigenvalue weighted by atomic mass is 19.3. The maximum absolute atomic E-state index is 14.8. The second-order valence-electron chi connectivity index (χ2n) is 11.6. The fourth-order valence-electron chi connectivity index (χ4n) is 6.98. The smallest absolute Gasteiger partial charge is 0.306 e. The van der Waals surface area contributed by atoms with Gasteiger partial charge in [0, 0.05) is 31.5 Å². The van der Waals surface area contributed by atoms with Crippen LogP contribution in [0.4, 0.5) is 13.2 Å². The van der Waals surface area contributed by atoms with Crippen molar-refractivity contribution in [1.82, 2.24) is 10.6 Å². The first-order chi connectivity index (χ1) is 18.5. The molecule has 11 heteroatoms. The van der Waals surface area contributed by atoms with Gasteiger partial charge in [-0.2, -0.15) is 0 Å². The molecule has 1 aromatic rings. The van der Waals surface area contributed by atoms with E-state index in [9.17, 15) is 32.7 Å². The van der Waals surface area contributed by atoms with E-state index >= 15 is 0 Å². The molecule has 4 atom stereocenters. The first-order valence-corrected chi connectivity index (χ1v) is 13.8. The van der Waals surface area contributed by atoms with Gasteiger partial charge in [-0.3, -0.25) is 14.4 Å². The van der Waals surface area contributed by atoms with E-state index < -0.39 is 41.5 Å². The molecule has 1 unspecified atom stereocenters. The monoisotopic (exact) mass is 552 g/mol. The summed E-state index contributed by atoms with van der Waals surface area (Å²) < 4.78 is 52.3. The molecule has 4 saturated carbocycles. The fraction of sp³-hybridized carbons (Fsp3) is 0.679. The summed E-state index contributed by atoms with van der Waals surface area (Å²) in [6.45, 7) is 0.198. The summed E-state index contributed by atoms with van der Waals surface area (Å²) in [6, 6.07) is 1.96. The molecule has 4 aliphatic carbocycles. The van der Waals surface area contributed by atoms with E-state index in [0.29, 0.717) is 25.7 Å². The first kappa shape index (κ1) is 27.6. The lowest BCUT2D eigenvalue weighted by Crippen LogP contribution is -2.51. The minimum absolute atomic E-state index is 0.0296. The number of hydrogen-bond acceptors (Lipinski definition) is 5. The number of carboxylic acid groups (broad SMARTS) is 1. The van der Waals surface area contributed by atoms with Gasteiger partial charge in [-0.05, 0) is 68.8 Å². The molecule has 4 fully saturated rings. The number of benzene rings is 1. The van der Waals surface area contributed by atoms with Crippen LogP contribution in [0.15, 0.2) is 12.1 Å². The molecule has 214 valence electrons. The van der Waals surface area contributed by atoms with E-state index in [4.69, 9.17) is 9.47 Å². The molecule has 8 nitrogen and oxygen atoms in total. The number of methoxy groups -OCH3 is 1. The third-order valence-electron chi connectivity index (χ3n) is 9.07. The highest BCUT2D eigenvalue weighted by molar-refractivity contribution is 5.98. The number of halogens is 3. The standard InChI is InChI=1S/C28H35F3N2O6/c1-38-21-10-20(29)22(39-18-6-4-15(5-7-18)27(36)37)9-19(21)25(34)33-24-17-3-2-16(8-17)23(24)26(35)32-13-14-11-28(30,31)12-14/h9-10,14-18,23-24H,2-8,11-13H2,1H3,(H,32,35)(H,33,34)(H,36,37)/t15?,16-,17+,18?,23+,24?/m1/s1. The number of carboxylic acids is 1. The van der Waals surface area contributed by atoms with Crippen molar-refractivity contribution >= 4 is 17.8 Å². The largest absolute Gasteiger partial charge is 0.496 e. The van der Waals surface area contributed by atoms with Crippen molar-refractivity contribution in [2.75, 3.05) is 13.7 Å². The summed E-state index contributed by atoms with van der Waals surface area (Å²) >= 11 is 0. The highest BCUT2D eigenvalue weighted by Crippen LogP contribution is 2.49. The van der Waals surface area contributed by atoms with Crippen molar-refractivity contribution in [3.05, 3.63) is 23.5 Å². The number of amides is 2. The molecule has 39 heavy (non-hydrogen) atoms. The van der Waals surface area contributed by atoms with Crippen LogP contribution in [-0.2, 0) is 9.59 Å². The average Bonchev–Trinajstić information content (AvgIpc) is 3.49.